The van der Waals surface area contributed by atoms with Crippen LogP contribution in [0.25, 0.3) is 11.0 Å². The number of nitrogens with two attached hydrogens (primary N) is 1. The van der Waals surface area contributed by atoms with Gasteiger partial charge in [-0.05, 0) is 30.5 Å². The molecule has 0 saturated carbocycles. The largest absolute Gasteiger partial charge is 0.464 e. The predicted molar refractivity (Wildman–Crippen MR) is 68.0 cm³/mol. The Morgan fingerprint density at radius 1 is 1.53 bits per heavy atom. The van der Waals surface area contributed by atoms with Crippen molar-refractivity contribution in [1.29, 1.82) is 0 Å². The van der Waals surface area contributed by atoms with E-state index in [4.69, 9.17) is 10.2 Å². The molecule has 0 amide bonds. The summed E-state index contributed by atoms with van der Waals surface area (Å²) in [7, 11) is 0. The van der Waals surface area contributed by atoms with Crippen molar-refractivity contribution in [2.45, 2.75) is 13.3 Å². The number of hydrogen-bond donors (Lipinski definition) is 1. The zero-order chi connectivity index (χ0) is 11.9. The summed E-state index contributed by atoms with van der Waals surface area (Å²) in [5.74, 6) is 1.02. The van der Waals surface area contributed by atoms with Gasteiger partial charge < -0.3 is 15.1 Å². The van der Waals surface area contributed by atoms with Gasteiger partial charge >= 0.3 is 0 Å². The van der Waals surface area contributed by atoms with Crippen molar-refractivity contribution >= 4 is 16.8 Å². The van der Waals surface area contributed by atoms with Crippen LogP contribution in [0.4, 0.5) is 5.82 Å². The van der Waals surface area contributed by atoms with Crippen molar-refractivity contribution in [3.05, 3.63) is 24.6 Å². The van der Waals surface area contributed by atoms with Gasteiger partial charge in [-0.25, -0.2) is 4.98 Å². The number of rotatable bonds is 2. The average molecular weight is 231 g/mol. The van der Waals surface area contributed by atoms with Gasteiger partial charge in [0.15, 0.2) is 0 Å². The number of hydrogen-bond acceptors (Lipinski definition) is 4. The van der Waals surface area contributed by atoms with Crippen molar-refractivity contribution in [2.75, 3.05) is 24.5 Å². The molecule has 1 saturated heterocycles. The number of pyridine rings is 1. The molecule has 0 spiro atoms. The lowest BCUT2D eigenvalue weighted by Crippen LogP contribution is -2.31. The maximum atomic E-state index is 5.84. The molecule has 3 rings (SSSR count). The van der Waals surface area contributed by atoms with E-state index in [2.05, 4.69) is 16.8 Å². The van der Waals surface area contributed by atoms with Crippen LogP contribution in [0.2, 0.25) is 0 Å². The number of furan rings is 1. The molecule has 4 nitrogen and oxygen atoms in total. The fourth-order valence-electron chi connectivity index (χ4n) is 2.50. The van der Waals surface area contributed by atoms with E-state index in [9.17, 15) is 0 Å². The highest BCUT2D eigenvalue weighted by atomic mass is 16.3. The van der Waals surface area contributed by atoms with Crippen LogP contribution in [0.15, 0.2) is 29.0 Å². The first-order valence-corrected chi connectivity index (χ1v) is 5.99. The fourth-order valence-corrected chi connectivity index (χ4v) is 2.50. The quantitative estimate of drug-likeness (QED) is 0.859. The van der Waals surface area contributed by atoms with Gasteiger partial charge in [0.2, 0.25) is 0 Å². The summed E-state index contributed by atoms with van der Waals surface area (Å²) in [5, 5.41) is 1.09. The number of anilines is 1. The molecule has 90 valence electrons. The molecule has 0 aliphatic carbocycles. The van der Waals surface area contributed by atoms with E-state index in [1.807, 2.05) is 12.1 Å². The number of fused-ring (bicyclic) bond motifs is 1. The molecule has 2 N–H and O–H groups in total. The van der Waals surface area contributed by atoms with E-state index in [1.165, 1.54) is 0 Å². The van der Waals surface area contributed by atoms with Gasteiger partial charge in [0.05, 0.1) is 11.6 Å². The maximum Gasteiger partial charge on any atom is 0.139 e. The zero-order valence-electron chi connectivity index (χ0n) is 10.0. The molecule has 0 bridgehead atoms. The third-order valence-corrected chi connectivity index (χ3v) is 3.71. The molecule has 2 aromatic rings. The lowest BCUT2D eigenvalue weighted by molar-refractivity contribution is 0.383. The maximum absolute atomic E-state index is 5.84. The summed E-state index contributed by atoms with van der Waals surface area (Å²) in [6, 6.07) is 3.88. The second-order valence-corrected chi connectivity index (χ2v) is 5.15. The highest BCUT2D eigenvalue weighted by Gasteiger charge is 2.33. The summed E-state index contributed by atoms with van der Waals surface area (Å²) in [5.41, 5.74) is 6.95. The van der Waals surface area contributed by atoms with Gasteiger partial charge in [0.1, 0.15) is 11.4 Å². The molecule has 1 aliphatic rings. The summed E-state index contributed by atoms with van der Waals surface area (Å²) >= 11 is 0. The van der Waals surface area contributed by atoms with Crippen LogP contribution in [-0.2, 0) is 0 Å². The van der Waals surface area contributed by atoms with Crippen LogP contribution in [-0.4, -0.2) is 24.6 Å². The molecule has 17 heavy (non-hydrogen) atoms. The summed E-state index contributed by atoms with van der Waals surface area (Å²) in [6.07, 6.45) is 4.65. The zero-order valence-corrected chi connectivity index (χ0v) is 10.0. The number of nitrogens with zero attached hydrogens (tertiary/aromatic N) is 2. The first-order valence-electron chi connectivity index (χ1n) is 5.99. The average Bonchev–Trinajstić information content (AvgIpc) is 2.95. The van der Waals surface area contributed by atoms with Crippen molar-refractivity contribution in [1.82, 2.24) is 4.98 Å². The first kappa shape index (κ1) is 10.6. The Bertz CT molecular complexity index is 536. The third kappa shape index (κ3) is 1.69. The predicted octanol–water partition coefficient (Wildman–Crippen LogP) is 2.00. The monoisotopic (exact) mass is 231 g/mol. The lowest BCUT2D eigenvalue weighted by Gasteiger charge is -2.23. The van der Waals surface area contributed by atoms with E-state index in [1.54, 1.807) is 12.5 Å². The molecule has 0 aromatic carbocycles. The third-order valence-electron chi connectivity index (χ3n) is 3.71. The second kappa shape index (κ2) is 3.74. The van der Waals surface area contributed by atoms with Crippen molar-refractivity contribution < 1.29 is 4.42 Å². The van der Waals surface area contributed by atoms with Crippen LogP contribution < -0.4 is 10.6 Å². The second-order valence-electron chi connectivity index (χ2n) is 5.15. The molecule has 1 atom stereocenters. The van der Waals surface area contributed by atoms with Crippen LogP contribution in [0, 0.1) is 5.41 Å². The molecule has 1 aliphatic heterocycles. The van der Waals surface area contributed by atoms with Crippen LogP contribution in [0.3, 0.4) is 0 Å². The van der Waals surface area contributed by atoms with Gasteiger partial charge in [-0.15, -0.1) is 0 Å². The van der Waals surface area contributed by atoms with Gasteiger partial charge in [0, 0.05) is 19.3 Å². The Labute approximate surface area is 100 Å². The normalized spacial score (nSPS) is 24.7. The highest BCUT2D eigenvalue weighted by Crippen LogP contribution is 2.34. The van der Waals surface area contributed by atoms with Gasteiger partial charge in [0.25, 0.3) is 0 Å². The smallest absolute Gasteiger partial charge is 0.139 e. The lowest BCUT2D eigenvalue weighted by atomic mass is 9.90. The van der Waals surface area contributed by atoms with E-state index >= 15 is 0 Å². The van der Waals surface area contributed by atoms with Crippen LogP contribution in [0.5, 0.6) is 0 Å². The minimum absolute atomic E-state index is 0.216. The Balaban J connectivity index is 1.98. The summed E-state index contributed by atoms with van der Waals surface area (Å²) in [6.45, 7) is 4.96. The first-order chi connectivity index (χ1) is 8.22. The molecule has 0 radical (unpaired) electrons. The standard InChI is InChI=1S/C13H17N3O/c1-13(8-14)4-6-16(9-13)12-10-3-7-17-11(10)2-5-15-12/h2-3,5,7H,4,6,8-9,14H2,1H3. The van der Waals surface area contributed by atoms with E-state index in [0.717, 1.165) is 42.8 Å². The molecule has 1 unspecified atom stereocenters. The van der Waals surface area contributed by atoms with Crippen molar-refractivity contribution in [3.63, 3.8) is 0 Å². The van der Waals surface area contributed by atoms with Gasteiger partial charge in [-0.1, -0.05) is 6.92 Å². The van der Waals surface area contributed by atoms with Crippen molar-refractivity contribution in [3.8, 4) is 0 Å². The summed E-state index contributed by atoms with van der Waals surface area (Å²) in [4.78, 5) is 6.80. The molecule has 3 heterocycles. The topological polar surface area (TPSA) is 55.3 Å². The minimum Gasteiger partial charge on any atom is -0.464 e. The number of aromatic nitrogens is 1. The Kier molecular flexibility index (Phi) is 2.33. The van der Waals surface area contributed by atoms with E-state index in [-0.39, 0.29) is 5.41 Å². The molecular weight excluding hydrogens is 214 g/mol. The Morgan fingerprint density at radius 3 is 3.18 bits per heavy atom. The SMILES string of the molecule is CC1(CN)CCN(c2nccc3occc23)C1. The highest BCUT2D eigenvalue weighted by molar-refractivity contribution is 5.88. The Morgan fingerprint density at radius 2 is 2.41 bits per heavy atom. The van der Waals surface area contributed by atoms with Gasteiger partial charge in [-0.3, -0.25) is 0 Å². The Hall–Kier alpha value is -1.55. The van der Waals surface area contributed by atoms with Crippen molar-refractivity contribution in [2.24, 2.45) is 11.1 Å². The molecular formula is C13H17N3O. The van der Waals surface area contributed by atoms with Gasteiger partial charge in [-0.2, -0.15) is 0 Å². The molecule has 1 fully saturated rings. The fraction of sp³-hybridized carbons (Fsp3) is 0.462. The minimum atomic E-state index is 0.216. The molecule has 2 aromatic heterocycles. The molecule has 4 heteroatoms. The summed E-state index contributed by atoms with van der Waals surface area (Å²) < 4.78 is 5.41. The van der Waals surface area contributed by atoms with Crippen LogP contribution in [0.1, 0.15) is 13.3 Å². The van der Waals surface area contributed by atoms with Crippen LogP contribution >= 0.6 is 0 Å². The van der Waals surface area contributed by atoms with E-state index < -0.39 is 0 Å². The van der Waals surface area contributed by atoms with E-state index in [0.29, 0.717) is 0 Å².